The standard InChI is InChI=1S/C28H30N4O3S/c1-35-21-10-11-23-22(18-21)25-26(29-23)27(34)32(28(36)30-25)14-6-5-9-24(33)31-15-12-20(13-16-31)17-19-7-3-2-4-8-19/h2-4,7-8,10-11,18,20H,5-6,9,12-17H2,1H3. The SMILES string of the molecule is COc1ccc2c(c1)C1=NC(=S)N(CCCCC(=O)N3CCC(Cc4ccccc4)CC3)C(=O)C1=N2. The number of nitrogens with zero attached hydrogens (tertiary/aromatic N) is 4. The highest BCUT2D eigenvalue weighted by Crippen LogP contribution is 2.33. The Morgan fingerprint density at radius 1 is 1.06 bits per heavy atom. The fourth-order valence-electron chi connectivity index (χ4n) is 5.10. The van der Waals surface area contributed by atoms with E-state index in [-0.39, 0.29) is 16.9 Å². The van der Waals surface area contributed by atoms with Crippen molar-refractivity contribution in [2.75, 3.05) is 26.7 Å². The van der Waals surface area contributed by atoms with E-state index < -0.39 is 0 Å². The molecule has 0 unspecified atom stereocenters. The molecule has 8 heteroatoms. The quantitative estimate of drug-likeness (QED) is 0.397. The number of carbonyl (C=O) groups is 2. The lowest BCUT2D eigenvalue weighted by atomic mass is 9.90. The summed E-state index contributed by atoms with van der Waals surface area (Å²) in [6, 6.07) is 16.0. The van der Waals surface area contributed by atoms with Gasteiger partial charge in [0.2, 0.25) is 11.0 Å². The van der Waals surface area contributed by atoms with E-state index in [1.807, 2.05) is 29.2 Å². The number of hydrogen-bond donors (Lipinski definition) is 0. The molecule has 2 aromatic carbocycles. The summed E-state index contributed by atoms with van der Waals surface area (Å²) >= 11 is 5.44. The second-order valence-electron chi connectivity index (χ2n) is 9.51. The van der Waals surface area contributed by atoms with Crippen LogP contribution in [0.2, 0.25) is 0 Å². The fourth-order valence-corrected chi connectivity index (χ4v) is 5.36. The van der Waals surface area contributed by atoms with Crippen molar-refractivity contribution in [3.05, 3.63) is 59.7 Å². The van der Waals surface area contributed by atoms with E-state index in [2.05, 4.69) is 34.3 Å². The number of hydrogen-bond acceptors (Lipinski definition) is 5. The molecule has 0 radical (unpaired) electrons. The molecule has 0 bridgehead atoms. The second-order valence-corrected chi connectivity index (χ2v) is 9.88. The zero-order valence-corrected chi connectivity index (χ0v) is 21.3. The predicted octanol–water partition coefficient (Wildman–Crippen LogP) is 4.35. The summed E-state index contributed by atoms with van der Waals surface area (Å²) in [7, 11) is 1.59. The number of aliphatic imine (C=N–C) groups is 2. The van der Waals surface area contributed by atoms with Crippen LogP contribution in [-0.4, -0.2) is 64.9 Å². The number of likely N-dealkylation sites (tertiary alicyclic amines) is 1. The first-order valence-corrected chi connectivity index (χ1v) is 13.0. The number of rotatable bonds is 8. The van der Waals surface area contributed by atoms with E-state index in [1.165, 1.54) is 10.5 Å². The Hall–Kier alpha value is -3.39. The van der Waals surface area contributed by atoms with Crippen LogP contribution in [0.5, 0.6) is 5.75 Å². The molecule has 0 spiro atoms. The Morgan fingerprint density at radius 2 is 1.83 bits per heavy atom. The number of methoxy groups -OCH3 is 1. The van der Waals surface area contributed by atoms with Gasteiger partial charge >= 0.3 is 0 Å². The van der Waals surface area contributed by atoms with Crippen molar-refractivity contribution in [1.29, 1.82) is 0 Å². The largest absolute Gasteiger partial charge is 0.497 e. The fraction of sp³-hybridized carbons (Fsp3) is 0.393. The third-order valence-corrected chi connectivity index (χ3v) is 7.47. The van der Waals surface area contributed by atoms with Crippen LogP contribution < -0.4 is 4.74 Å². The Morgan fingerprint density at radius 3 is 2.58 bits per heavy atom. The second kappa shape index (κ2) is 10.7. The van der Waals surface area contributed by atoms with Gasteiger partial charge in [-0.1, -0.05) is 30.3 Å². The minimum absolute atomic E-state index is 0.200. The van der Waals surface area contributed by atoms with Gasteiger partial charge in [-0.3, -0.25) is 14.5 Å². The lowest BCUT2D eigenvalue weighted by Gasteiger charge is -2.32. The lowest BCUT2D eigenvalue weighted by Crippen LogP contribution is -2.46. The van der Waals surface area contributed by atoms with Crippen molar-refractivity contribution in [1.82, 2.24) is 9.80 Å². The van der Waals surface area contributed by atoms with E-state index in [1.54, 1.807) is 7.11 Å². The normalized spacial score (nSPS) is 17.5. The predicted molar refractivity (Wildman–Crippen MR) is 144 cm³/mol. The van der Waals surface area contributed by atoms with Crippen LogP contribution in [0.1, 0.15) is 43.2 Å². The van der Waals surface area contributed by atoms with Gasteiger partial charge in [0.25, 0.3) is 5.91 Å². The molecule has 5 rings (SSSR count). The maximum Gasteiger partial charge on any atom is 0.280 e. The topological polar surface area (TPSA) is 74.6 Å². The summed E-state index contributed by atoms with van der Waals surface area (Å²) in [4.78, 5) is 38.3. The van der Waals surface area contributed by atoms with E-state index in [4.69, 9.17) is 17.0 Å². The van der Waals surface area contributed by atoms with Gasteiger partial charge < -0.3 is 9.64 Å². The average molecular weight is 503 g/mol. The zero-order valence-electron chi connectivity index (χ0n) is 20.5. The number of thiocarbonyl (C=S) groups is 1. The highest BCUT2D eigenvalue weighted by Gasteiger charge is 2.37. The minimum Gasteiger partial charge on any atom is -0.497 e. The van der Waals surface area contributed by atoms with Crippen LogP contribution in [0.15, 0.2) is 58.5 Å². The molecular weight excluding hydrogens is 472 g/mol. The number of unbranched alkanes of at least 4 members (excludes halogenated alkanes) is 1. The number of amides is 2. The molecule has 1 saturated heterocycles. The van der Waals surface area contributed by atoms with Crippen molar-refractivity contribution < 1.29 is 14.3 Å². The average Bonchev–Trinajstić information content (AvgIpc) is 3.27. The van der Waals surface area contributed by atoms with Crippen LogP contribution in [0, 0.1) is 5.92 Å². The molecule has 0 saturated carbocycles. The molecule has 0 atom stereocenters. The molecule has 0 aliphatic carbocycles. The van der Waals surface area contributed by atoms with E-state index in [0.717, 1.165) is 37.9 Å². The maximum absolute atomic E-state index is 13.1. The van der Waals surface area contributed by atoms with Crippen molar-refractivity contribution >= 4 is 46.3 Å². The molecule has 1 fully saturated rings. The number of fused-ring (bicyclic) bond motifs is 3. The van der Waals surface area contributed by atoms with Crippen molar-refractivity contribution in [2.24, 2.45) is 15.9 Å². The first kappa shape index (κ1) is 24.3. The molecule has 3 aliphatic rings. The van der Waals surface area contributed by atoms with Crippen molar-refractivity contribution in [3.8, 4) is 5.75 Å². The first-order valence-electron chi connectivity index (χ1n) is 12.6. The summed E-state index contributed by atoms with van der Waals surface area (Å²) in [5, 5.41) is 0.247. The molecule has 0 aromatic heterocycles. The third-order valence-electron chi connectivity index (χ3n) is 7.16. The first-order chi connectivity index (χ1) is 17.5. The third kappa shape index (κ3) is 5.09. The number of benzene rings is 2. The Balaban J connectivity index is 1.08. The Bertz CT molecular complexity index is 1230. The Kier molecular flexibility index (Phi) is 7.23. The lowest BCUT2D eigenvalue weighted by molar-refractivity contribution is -0.132. The van der Waals surface area contributed by atoms with Gasteiger partial charge in [0.15, 0.2) is 5.71 Å². The minimum atomic E-state index is -0.230. The smallest absolute Gasteiger partial charge is 0.280 e. The number of piperidine rings is 1. The molecule has 3 heterocycles. The van der Waals surface area contributed by atoms with Crippen molar-refractivity contribution in [3.63, 3.8) is 0 Å². The molecule has 186 valence electrons. The van der Waals surface area contributed by atoms with Crippen LogP contribution >= 0.6 is 12.2 Å². The van der Waals surface area contributed by atoms with Crippen molar-refractivity contribution in [2.45, 2.75) is 38.5 Å². The van der Waals surface area contributed by atoms with Gasteiger partial charge in [-0.15, -0.1) is 0 Å². The molecule has 2 aromatic rings. The summed E-state index contributed by atoms with van der Waals surface area (Å²) in [6.45, 7) is 2.08. The van der Waals surface area contributed by atoms with Crippen LogP contribution in [0.3, 0.4) is 0 Å². The summed E-state index contributed by atoms with van der Waals surface area (Å²) < 4.78 is 5.29. The highest BCUT2D eigenvalue weighted by atomic mass is 32.1. The van der Waals surface area contributed by atoms with Crippen LogP contribution in [0.25, 0.3) is 0 Å². The molecule has 7 nitrogen and oxygen atoms in total. The molecule has 0 N–H and O–H groups in total. The summed E-state index contributed by atoms with van der Waals surface area (Å²) in [5.41, 5.74) is 3.66. The van der Waals surface area contributed by atoms with Gasteiger partial charge in [-0.25, -0.2) is 9.98 Å². The summed E-state index contributed by atoms with van der Waals surface area (Å²) in [6.07, 6.45) is 5.05. The Labute approximate surface area is 216 Å². The highest BCUT2D eigenvalue weighted by molar-refractivity contribution is 7.80. The number of ether oxygens (including phenoxy) is 1. The van der Waals surface area contributed by atoms with Crippen LogP contribution in [0.4, 0.5) is 5.69 Å². The molecule has 3 aliphatic heterocycles. The summed E-state index contributed by atoms with van der Waals surface area (Å²) in [5.74, 6) is 1.29. The monoisotopic (exact) mass is 502 g/mol. The maximum atomic E-state index is 13.1. The number of carbonyl (C=O) groups excluding carboxylic acids is 2. The van der Waals surface area contributed by atoms with Gasteiger partial charge in [0.05, 0.1) is 12.8 Å². The van der Waals surface area contributed by atoms with Gasteiger partial charge in [0.1, 0.15) is 11.5 Å². The van der Waals surface area contributed by atoms with Gasteiger partial charge in [-0.05, 0) is 74.0 Å². The molecular formula is C28H30N4O3S. The van der Waals surface area contributed by atoms with E-state index in [9.17, 15) is 9.59 Å². The van der Waals surface area contributed by atoms with Gasteiger partial charge in [0, 0.05) is 31.6 Å². The molecule has 2 amide bonds. The van der Waals surface area contributed by atoms with Gasteiger partial charge in [-0.2, -0.15) is 0 Å². The van der Waals surface area contributed by atoms with E-state index >= 15 is 0 Å². The van der Waals surface area contributed by atoms with Crippen LogP contribution in [-0.2, 0) is 16.0 Å². The van der Waals surface area contributed by atoms with E-state index in [0.29, 0.717) is 54.6 Å². The zero-order chi connectivity index (χ0) is 25.1. The molecule has 36 heavy (non-hydrogen) atoms.